The zero-order valence-electron chi connectivity index (χ0n) is 24.7. The third-order valence-electron chi connectivity index (χ3n) is 6.41. The smallest absolute Gasteiger partial charge is 0.324 e. The second kappa shape index (κ2) is 27.1. The second-order valence-corrected chi connectivity index (χ2v) is 13.6. The number of carboxylic acid groups (broad SMARTS) is 1. The molecule has 0 saturated carbocycles. The highest BCUT2D eigenvalue weighted by molar-refractivity contribution is 8.07. The first-order chi connectivity index (χ1) is 18.3. The molecule has 0 amide bonds. The monoisotopic (exact) mass is 582 g/mol. The minimum absolute atomic E-state index is 0.132. The Labute approximate surface area is 239 Å². The number of carboxylic acids is 1. The lowest BCUT2D eigenvalue weighted by Crippen LogP contribution is -2.26. The number of unbranched alkanes of at least 4 members (excludes halogenated alkanes) is 14. The lowest BCUT2D eigenvalue weighted by molar-refractivity contribution is -0.137. The van der Waals surface area contributed by atoms with Crippen molar-refractivity contribution in [3.8, 4) is 0 Å². The number of rotatable bonds is 30. The van der Waals surface area contributed by atoms with Crippen LogP contribution in [0.4, 0.5) is 0 Å². The van der Waals surface area contributed by atoms with E-state index in [9.17, 15) is 9.69 Å². The van der Waals surface area contributed by atoms with Gasteiger partial charge in [0.05, 0.1) is 19.8 Å². The number of aliphatic carboxylic acids is 1. The van der Waals surface area contributed by atoms with Gasteiger partial charge in [0.1, 0.15) is 6.10 Å². The summed E-state index contributed by atoms with van der Waals surface area (Å²) in [6.45, 7) is 4.97. The van der Waals surface area contributed by atoms with Crippen molar-refractivity contribution in [3.05, 3.63) is 0 Å². The van der Waals surface area contributed by atoms with Crippen LogP contribution in [0.2, 0.25) is 0 Å². The molecule has 0 aromatic carbocycles. The fourth-order valence-electron chi connectivity index (χ4n) is 4.04. The van der Waals surface area contributed by atoms with Crippen LogP contribution in [0.5, 0.6) is 0 Å². The zero-order chi connectivity index (χ0) is 28.3. The standard InChI is InChI=1S/C29H59O7PS/c1-4-5-6-7-8-9-10-11-12-13-14-15-16-18-22-33-25-28(26-34-23-19-17-20-29(30)31)36-37(32,38)35-24-21-27(2)3/h27-28H,4-26H2,1-3H3,(H,30,31)(H,32,38). The van der Waals surface area contributed by atoms with Crippen LogP contribution in [0.25, 0.3) is 0 Å². The first kappa shape index (κ1) is 37.9. The molecule has 2 unspecified atom stereocenters. The average Bonchev–Trinajstić information content (AvgIpc) is 2.84. The minimum atomic E-state index is -3.37. The van der Waals surface area contributed by atoms with Crippen molar-refractivity contribution in [2.75, 3.05) is 33.0 Å². The minimum Gasteiger partial charge on any atom is -0.481 e. The summed E-state index contributed by atoms with van der Waals surface area (Å²) in [5.74, 6) is -0.356. The Morgan fingerprint density at radius 1 is 0.737 bits per heavy atom. The molecule has 0 aromatic rings. The van der Waals surface area contributed by atoms with Crippen LogP contribution in [0.15, 0.2) is 0 Å². The van der Waals surface area contributed by atoms with Gasteiger partial charge in [-0.05, 0) is 43.4 Å². The molecule has 0 fully saturated rings. The van der Waals surface area contributed by atoms with Crippen molar-refractivity contribution in [1.29, 1.82) is 0 Å². The maximum atomic E-state index is 10.6. The van der Waals surface area contributed by atoms with Crippen LogP contribution in [0.1, 0.15) is 136 Å². The van der Waals surface area contributed by atoms with Crippen molar-refractivity contribution in [1.82, 2.24) is 0 Å². The summed E-state index contributed by atoms with van der Waals surface area (Å²) >= 11 is 5.18. The van der Waals surface area contributed by atoms with E-state index in [4.69, 9.17) is 35.4 Å². The Morgan fingerprint density at radius 2 is 1.18 bits per heavy atom. The Morgan fingerprint density at radius 3 is 1.63 bits per heavy atom. The quantitative estimate of drug-likeness (QED) is 0.0644. The summed E-state index contributed by atoms with van der Waals surface area (Å²) in [5, 5.41) is 8.73. The zero-order valence-corrected chi connectivity index (χ0v) is 26.4. The Balaban J connectivity index is 3.98. The van der Waals surface area contributed by atoms with E-state index in [1.54, 1.807) is 0 Å². The largest absolute Gasteiger partial charge is 0.481 e. The molecule has 0 radical (unpaired) electrons. The third-order valence-corrected chi connectivity index (χ3v) is 8.06. The first-order valence-corrected chi connectivity index (χ1v) is 17.9. The molecule has 0 aromatic heterocycles. The van der Waals surface area contributed by atoms with Gasteiger partial charge in [-0.1, -0.05) is 104 Å². The topological polar surface area (TPSA) is 94.5 Å². The number of hydrogen-bond acceptors (Lipinski definition) is 6. The molecule has 2 atom stereocenters. The van der Waals surface area contributed by atoms with Gasteiger partial charge in [-0.3, -0.25) is 4.79 Å². The van der Waals surface area contributed by atoms with E-state index < -0.39 is 18.8 Å². The summed E-state index contributed by atoms with van der Waals surface area (Å²) in [6.07, 6.45) is 20.1. The summed E-state index contributed by atoms with van der Waals surface area (Å²) < 4.78 is 22.6. The summed E-state index contributed by atoms with van der Waals surface area (Å²) in [7, 11) is 0. The molecule has 0 rings (SSSR count). The van der Waals surface area contributed by atoms with Gasteiger partial charge in [-0.2, -0.15) is 0 Å². The van der Waals surface area contributed by atoms with Gasteiger partial charge in [-0.25, -0.2) is 0 Å². The van der Waals surface area contributed by atoms with Crippen LogP contribution < -0.4 is 0 Å². The molecule has 0 spiro atoms. The van der Waals surface area contributed by atoms with Gasteiger partial charge in [0.25, 0.3) is 0 Å². The summed E-state index contributed by atoms with van der Waals surface area (Å²) in [4.78, 5) is 21.1. The van der Waals surface area contributed by atoms with Gasteiger partial charge in [-0.15, -0.1) is 0 Å². The van der Waals surface area contributed by atoms with Crippen LogP contribution in [0, 0.1) is 5.92 Å². The Bertz CT molecular complexity index is 577. The van der Waals surface area contributed by atoms with Gasteiger partial charge in [0.15, 0.2) is 0 Å². The highest BCUT2D eigenvalue weighted by Gasteiger charge is 2.23. The van der Waals surface area contributed by atoms with Crippen LogP contribution in [0.3, 0.4) is 0 Å². The van der Waals surface area contributed by atoms with E-state index >= 15 is 0 Å². The molecule has 0 bridgehead atoms. The van der Waals surface area contributed by atoms with E-state index in [0.29, 0.717) is 38.6 Å². The maximum Gasteiger partial charge on any atom is 0.324 e. The van der Waals surface area contributed by atoms with E-state index in [2.05, 4.69) is 20.8 Å². The molecule has 0 aliphatic carbocycles. The fraction of sp³-hybridized carbons (Fsp3) is 0.966. The van der Waals surface area contributed by atoms with Crippen LogP contribution in [-0.4, -0.2) is 55.1 Å². The molecule has 0 saturated heterocycles. The average molecular weight is 583 g/mol. The molecule has 9 heteroatoms. The summed E-state index contributed by atoms with van der Waals surface area (Å²) in [5.41, 5.74) is 0. The highest BCUT2D eigenvalue weighted by Crippen LogP contribution is 2.45. The molecule has 38 heavy (non-hydrogen) atoms. The van der Waals surface area contributed by atoms with Gasteiger partial charge < -0.3 is 28.5 Å². The number of ether oxygens (including phenoxy) is 2. The SMILES string of the molecule is CCCCCCCCCCCCCCCCOCC(COCCCCC(=O)O)OP(O)(=S)OCCC(C)C. The van der Waals surface area contributed by atoms with Crippen molar-refractivity contribution in [2.24, 2.45) is 5.92 Å². The molecule has 0 aliphatic rings. The van der Waals surface area contributed by atoms with Crippen molar-refractivity contribution >= 4 is 24.5 Å². The van der Waals surface area contributed by atoms with Gasteiger partial charge in [0, 0.05) is 19.6 Å². The summed E-state index contributed by atoms with van der Waals surface area (Å²) in [6, 6.07) is 0. The number of hydrogen-bond donors (Lipinski definition) is 2. The highest BCUT2D eigenvalue weighted by atomic mass is 32.5. The molecule has 2 N–H and O–H groups in total. The Hall–Kier alpha value is -0.0800. The lowest BCUT2D eigenvalue weighted by Gasteiger charge is -2.23. The van der Waals surface area contributed by atoms with Crippen molar-refractivity contribution < 1.29 is 33.3 Å². The van der Waals surface area contributed by atoms with Crippen molar-refractivity contribution in [2.45, 2.75) is 142 Å². The van der Waals surface area contributed by atoms with E-state index in [1.807, 2.05) is 0 Å². The lowest BCUT2D eigenvalue weighted by atomic mass is 10.0. The molecular formula is C29H59O7PS. The maximum absolute atomic E-state index is 10.6. The molecule has 0 aliphatic heterocycles. The molecule has 228 valence electrons. The second-order valence-electron chi connectivity index (χ2n) is 10.8. The predicted octanol–water partition coefficient (Wildman–Crippen LogP) is 8.42. The third kappa shape index (κ3) is 28.9. The van der Waals surface area contributed by atoms with Crippen LogP contribution >= 0.6 is 6.72 Å². The molecule has 0 heterocycles. The Kier molecular flexibility index (Phi) is 27.1. The van der Waals surface area contributed by atoms with E-state index in [0.717, 1.165) is 19.3 Å². The van der Waals surface area contributed by atoms with Crippen molar-refractivity contribution in [3.63, 3.8) is 0 Å². The van der Waals surface area contributed by atoms with Gasteiger partial charge >= 0.3 is 12.7 Å². The van der Waals surface area contributed by atoms with Gasteiger partial charge in [0.2, 0.25) is 0 Å². The van der Waals surface area contributed by atoms with Crippen LogP contribution in [-0.2, 0) is 35.1 Å². The number of carbonyl (C=O) groups is 1. The molecular weight excluding hydrogens is 523 g/mol. The first-order valence-electron chi connectivity index (χ1n) is 15.3. The van der Waals surface area contributed by atoms with E-state index in [1.165, 1.54) is 77.0 Å². The predicted molar refractivity (Wildman–Crippen MR) is 160 cm³/mol. The normalized spacial score (nSPS) is 14.1. The van der Waals surface area contributed by atoms with E-state index in [-0.39, 0.29) is 19.6 Å². The fourth-order valence-corrected chi connectivity index (χ4v) is 5.52. The molecule has 7 nitrogen and oxygen atoms in total.